The van der Waals surface area contributed by atoms with Crippen LogP contribution in [0.1, 0.15) is 53.7 Å². The summed E-state index contributed by atoms with van der Waals surface area (Å²) in [7, 11) is 0. The van der Waals surface area contributed by atoms with E-state index in [4.69, 9.17) is 0 Å². The molecule has 1 saturated heterocycles. The van der Waals surface area contributed by atoms with Gasteiger partial charge in [-0.2, -0.15) is 0 Å². The lowest BCUT2D eigenvalue weighted by molar-refractivity contribution is -0.909. The molecule has 0 radical (unpaired) electrons. The third kappa shape index (κ3) is 6.02. The first-order valence-corrected chi connectivity index (χ1v) is 13.5. The molecule has 0 bridgehead atoms. The molecule has 1 unspecified atom stereocenters. The van der Waals surface area contributed by atoms with Crippen molar-refractivity contribution >= 4 is 29.3 Å². The third-order valence-corrected chi connectivity index (χ3v) is 8.27. The Morgan fingerprint density at radius 2 is 1.94 bits per heavy atom. The zero-order valence-electron chi connectivity index (χ0n) is 20.9. The maximum atomic E-state index is 13.0. The third-order valence-electron chi connectivity index (χ3n) is 7.23. The van der Waals surface area contributed by atoms with Gasteiger partial charge in [0.15, 0.2) is 0 Å². The SMILES string of the molecule is Cc1ccc(C)c(CN2C(=O)CSc3ccc(C(=O)NCC(C)C[NH+]4CCC(C)CC4)cc32)c1. The van der Waals surface area contributed by atoms with Crippen LogP contribution in [-0.4, -0.2) is 43.7 Å². The summed E-state index contributed by atoms with van der Waals surface area (Å²) in [6.45, 7) is 13.5. The summed E-state index contributed by atoms with van der Waals surface area (Å²) in [4.78, 5) is 30.4. The van der Waals surface area contributed by atoms with E-state index in [9.17, 15) is 9.59 Å². The molecule has 2 aromatic carbocycles. The van der Waals surface area contributed by atoms with Crippen LogP contribution in [0.25, 0.3) is 0 Å². The lowest BCUT2D eigenvalue weighted by Crippen LogP contribution is -3.13. The van der Waals surface area contributed by atoms with Crippen molar-refractivity contribution in [2.75, 3.05) is 36.8 Å². The van der Waals surface area contributed by atoms with E-state index in [0.29, 0.717) is 30.3 Å². The largest absolute Gasteiger partial charge is 0.352 e. The number of aryl methyl sites for hydroxylation is 2. The fraction of sp³-hybridized carbons (Fsp3) is 0.500. The minimum Gasteiger partial charge on any atom is -0.352 e. The molecule has 34 heavy (non-hydrogen) atoms. The van der Waals surface area contributed by atoms with E-state index in [0.717, 1.165) is 28.6 Å². The van der Waals surface area contributed by atoms with Gasteiger partial charge in [0.2, 0.25) is 5.91 Å². The molecular formula is C28H38N3O2S+. The van der Waals surface area contributed by atoms with E-state index < -0.39 is 0 Å². The van der Waals surface area contributed by atoms with Gasteiger partial charge in [-0.3, -0.25) is 9.59 Å². The Hall–Kier alpha value is -2.31. The van der Waals surface area contributed by atoms with Crippen molar-refractivity contribution in [1.29, 1.82) is 0 Å². The molecule has 0 spiro atoms. The predicted octanol–water partition coefficient (Wildman–Crippen LogP) is 3.62. The van der Waals surface area contributed by atoms with Crippen LogP contribution in [0.3, 0.4) is 0 Å². The fourth-order valence-electron chi connectivity index (χ4n) is 4.97. The molecule has 2 aliphatic rings. The molecule has 1 atom stereocenters. The molecule has 5 nitrogen and oxygen atoms in total. The second-order valence-electron chi connectivity index (χ2n) is 10.3. The molecule has 1 fully saturated rings. The second kappa shape index (κ2) is 11.0. The van der Waals surface area contributed by atoms with Crippen LogP contribution in [0.15, 0.2) is 41.3 Å². The molecule has 182 valence electrons. The summed E-state index contributed by atoms with van der Waals surface area (Å²) in [6.07, 6.45) is 2.61. The Bertz CT molecular complexity index is 1050. The van der Waals surface area contributed by atoms with Crippen molar-refractivity contribution < 1.29 is 14.5 Å². The maximum absolute atomic E-state index is 13.0. The molecule has 2 N–H and O–H groups in total. The van der Waals surface area contributed by atoms with E-state index >= 15 is 0 Å². The standard InChI is InChI=1S/C28H37N3O2S/c1-19-9-11-30(12-10-19)16-21(3)15-29-28(33)23-7-8-26-25(14-23)31(27(32)18-34-26)17-24-13-20(2)5-6-22(24)4/h5-8,13-14,19,21H,9-12,15-18H2,1-4H3,(H,29,33)/p+1. The first-order valence-electron chi connectivity index (χ1n) is 12.5. The number of thioether (sulfide) groups is 1. The number of nitrogens with one attached hydrogen (secondary N) is 2. The first-order chi connectivity index (χ1) is 16.3. The lowest BCUT2D eigenvalue weighted by Gasteiger charge is -2.30. The predicted molar refractivity (Wildman–Crippen MR) is 140 cm³/mol. The van der Waals surface area contributed by atoms with Crippen LogP contribution >= 0.6 is 11.8 Å². The van der Waals surface area contributed by atoms with Crippen LogP contribution in [0, 0.1) is 25.7 Å². The molecule has 0 aromatic heterocycles. The number of amides is 2. The monoisotopic (exact) mass is 480 g/mol. The number of carbonyl (C=O) groups is 2. The number of anilines is 1. The summed E-state index contributed by atoms with van der Waals surface area (Å²) in [5, 5.41) is 3.13. The van der Waals surface area contributed by atoms with E-state index in [2.05, 4.69) is 51.2 Å². The number of nitrogens with zero attached hydrogens (tertiary/aromatic N) is 1. The Morgan fingerprint density at radius 3 is 2.71 bits per heavy atom. The average Bonchev–Trinajstić information content (AvgIpc) is 2.82. The van der Waals surface area contributed by atoms with Crippen molar-refractivity contribution in [2.45, 2.75) is 52.0 Å². The van der Waals surface area contributed by atoms with Gasteiger partial charge >= 0.3 is 0 Å². The number of carbonyl (C=O) groups excluding carboxylic acids is 2. The van der Waals surface area contributed by atoms with Gasteiger partial charge in [-0.25, -0.2) is 0 Å². The molecule has 2 amide bonds. The van der Waals surface area contributed by atoms with Crippen LogP contribution in [0.4, 0.5) is 5.69 Å². The fourth-order valence-corrected chi connectivity index (χ4v) is 5.88. The van der Waals surface area contributed by atoms with Gasteiger partial charge in [0.05, 0.1) is 37.6 Å². The highest BCUT2D eigenvalue weighted by atomic mass is 32.2. The first kappa shape index (κ1) is 24.8. The van der Waals surface area contributed by atoms with Gasteiger partial charge in [0.25, 0.3) is 5.91 Å². The molecule has 0 saturated carbocycles. The molecule has 0 aliphatic carbocycles. The highest BCUT2D eigenvalue weighted by Gasteiger charge is 2.27. The minimum atomic E-state index is -0.0633. The summed E-state index contributed by atoms with van der Waals surface area (Å²) in [6, 6.07) is 12.1. The number of fused-ring (bicyclic) bond motifs is 1. The number of hydrogen-bond donors (Lipinski definition) is 2. The number of piperidine rings is 1. The van der Waals surface area contributed by atoms with E-state index in [1.165, 1.54) is 37.1 Å². The Labute approximate surface area is 208 Å². The van der Waals surface area contributed by atoms with Gasteiger partial charge < -0.3 is 15.1 Å². The number of benzene rings is 2. The minimum absolute atomic E-state index is 0.0633. The molecule has 2 aromatic rings. The molecule has 2 aliphatic heterocycles. The van der Waals surface area contributed by atoms with Gasteiger partial charge in [-0.15, -0.1) is 11.8 Å². The molecular weight excluding hydrogens is 442 g/mol. The molecule has 2 heterocycles. The van der Waals surface area contributed by atoms with Crippen LogP contribution in [0.5, 0.6) is 0 Å². The van der Waals surface area contributed by atoms with Crippen LogP contribution in [-0.2, 0) is 11.3 Å². The number of quaternary nitrogens is 1. The highest BCUT2D eigenvalue weighted by Crippen LogP contribution is 2.37. The number of likely N-dealkylation sites (tertiary alicyclic amines) is 1. The van der Waals surface area contributed by atoms with Gasteiger partial charge in [0.1, 0.15) is 0 Å². The van der Waals surface area contributed by atoms with E-state index in [1.54, 1.807) is 16.7 Å². The van der Waals surface area contributed by atoms with Crippen molar-refractivity contribution in [1.82, 2.24) is 5.32 Å². The van der Waals surface area contributed by atoms with Crippen LogP contribution < -0.4 is 15.1 Å². The molecule has 4 rings (SSSR count). The molecule has 6 heteroatoms. The van der Waals surface area contributed by atoms with Crippen molar-refractivity contribution in [2.24, 2.45) is 11.8 Å². The quantitative estimate of drug-likeness (QED) is 0.637. The Kier molecular flexibility index (Phi) is 7.99. The van der Waals surface area contributed by atoms with Gasteiger partial charge in [0, 0.05) is 22.9 Å². The van der Waals surface area contributed by atoms with Crippen molar-refractivity contribution in [3.05, 3.63) is 58.7 Å². The Morgan fingerprint density at radius 1 is 1.18 bits per heavy atom. The van der Waals surface area contributed by atoms with E-state index in [-0.39, 0.29) is 11.8 Å². The van der Waals surface area contributed by atoms with E-state index in [1.807, 2.05) is 23.1 Å². The summed E-state index contributed by atoms with van der Waals surface area (Å²) >= 11 is 1.55. The highest BCUT2D eigenvalue weighted by molar-refractivity contribution is 8.00. The topological polar surface area (TPSA) is 53.9 Å². The number of hydrogen-bond acceptors (Lipinski definition) is 3. The van der Waals surface area contributed by atoms with Gasteiger partial charge in [-0.05, 0) is 61.9 Å². The zero-order chi connectivity index (χ0) is 24.2. The number of rotatable bonds is 7. The van der Waals surface area contributed by atoms with Crippen molar-refractivity contribution in [3.63, 3.8) is 0 Å². The van der Waals surface area contributed by atoms with Gasteiger partial charge in [-0.1, -0.05) is 37.6 Å². The van der Waals surface area contributed by atoms with Crippen LogP contribution in [0.2, 0.25) is 0 Å². The normalized spacial score (nSPS) is 21.2. The summed E-state index contributed by atoms with van der Waals surface area (Å²) in [5.74, 6) is 1.73. The maximum Gasteiger partial charge on any atom is 0.251 e. The Balaban J connectivity index is 1.42. The average molecular weight is 481 g/mol. The van der Waals surface area contributed by atoms with Crippen molar-refractivity contribution in [3.8, 4) is 0 Å². The second-order valence-corrected chi connectivity index (χ2v) is 11.4. The zero-order valence-corrected chi connectivity index (χ0v) is 21.8. The lowest BCUT2D eigenvalue weighted by atomic mass is 9.98. The summed E-state index contributed by atoms with van der Waals surface area (Å²) in [5.41, 5.74) is 4.96. The smallest absolute Gasteiger partial charge is 0.251 e. The summed E-state index contributed by atoms with van der Waals surface area (Å²) < 4.78 is 0.